The second-order valence-electron chi connectivity index (χ2n) is 6.93. The van der Waals surface area contributed by atoms with Crippen molar-refractivity contribution in [1.82, 2.24) is 19.5 Å². The molecule has 1 aliphatic rings. The number of hydrogen-bond donors (Lipinski definition) is 8. The van der Waals surface area contributed by atoms with Crippen LogP contribution in [0.4, 0.5) is 5.95 Å². The summed E-state index contributed by atoms with van der Waals surface area (Å²) in [4.78, 5) is 48.3. The molecule has 186 valence electrons. The molecule has 33 heavy (non-hydrogen) atoms. The number of phosphoric acid groups is 2. The van der Waals surface area contributed by atoms with Gasteiger partial charge in [-0.05, 0) is 6.92 Å². The van der Waals surface area contributed by atoms with Crippen LogP contribution in [-0.2, 0) is 31.6 Å². The number of nitrogens with one attached hydrogen (secondary N) is 1. The standard InChI is InChI=1S/C11H19N6O13P3/c1-11(20)6(18)4(2-27-31(13,21)29-33(25,26)30-32(22,23)24)28-9(11)17-3-14-5-7(17)15-10(12)16-8(5)19/h3-4,6,9,18,20H,2H2,1H3,(H2,13,21)(H,25,26)(H2,22,23,24)(H3,12,15,16,19)/t4-,6-,9-,11-,31?/m0/s1. The van der Waals surface area contributed by atoms with Crippen LogP contribution in [0.1, 0.15) is 13.2 Å². The quantitative estimate of drug-likeness (QED) is 0.169. The van der Waals surface area contributed by atoms with Crippen molar-refractivity contribution in [1.29, 1.82) is 0 Å². The summed E-state index contributed by atoms with van der Waals surface area (Å²) in [7, 11) is -16.1. The number of nitrogens with zero attached hydrogens (tertiary/aromatic N) is 3. The predicted molar refractivity (Wildman–Crippen MR) is 105 cm³/mol. The van der Waals surface area contributed by atoms with Crippen molar-refractivity contribution < 1.29 is 56.5 Å². The first-order valence-corrected chi connectivity index (χ1v) is 13.2. The largest absolute Gasteiger partial charge is 0.489 e. The second-order valence-corrected chi connectivity index (χ2v) is 11.5. The molecular formula is C11H19N6O13P3. The summed E-state index contributed by atoms with van der Waals surface area (Å²) in [5.41, 5.74) is 7.63. The van der Waals surface area contributed by atoms with Gasteiger partial charge in [0.1, 0.15) is 17.8 Å². The van der Waals surface area contributed by atoms with Crippen LogP contribution in [0.3, 0.4) is 0 Å². The molecule has 3 heterocycles. The Balaban J connectivity index is 1.78. The van der Waals surface area contributed by atoms with Crippen molar-refractivity contribution in [3.05, 3.63) is 16.7 Å². The summed E-state index contributed by atoms with van der Waals surface area (Å²) in [6, 6.07) is 0. The minimum atomic E-state index is -5.62. The molecule has 6 atom stereocenters. The molecule has 22 heteroatoms. The number of aliphatic hydroxyl groups excluding tert-OH is 1. The Kier molecular flexibility index (Phi) is 6.78. The fraction of sp³-hybridized carbons (Fsp3) is 0.545. The van der Waals surface area contributed by atoms with Gasteiger partial charge in [0.05, 0.1) is 12.9 Å². The maximum absolute atomic E-state index is 12.1. The van der Waals surface area contributed by atoms with E-state index in [1.54, 1.807) is 0 Å². The van der Waals surface area contributed by atoms with Crippen LogP contribution < -0.4 is 16.8 Å². The molecule has 2 unspecified atom stereocenters. The van der Waals surface area contributed by atoms with Crippen molar-refractivity contribution >= 4 is 40.5 Å². The summed E-state index contributed by atoms with van der Waals surface area (Å²) in [5.74, 6) is -0.264. The first-order chi connectivity index (χ1) is 14.9. The number of anilines is 1. The highest BCUT2D eigenvalue weighted by atomic mass is 31.3. The van der Waals surface area contributed by atoms with Crippen molar-refractivity contribution in [2.75, 3.05) is 12.3 Å². The van der Waals surface area contributed by atoms with E-state index in [9.17, 15) is 33.6 Å². The number of nitrogens with two attached hydrogens (primary N) is 2. The van der Waals surface area contributed by atoms with Gasteiger partial charge < -0.3 is 35.4 Å². The Morgan fingerprint density at radius 1 is 1.30 bits per heavy atom. The van der Waals surface area contributed by atoms with Crippen LogP contribution in [0.25, 0.3) is 11.2 Å². The number of nitrogen functional groups attached to an aromatic ring is 1. The Hall–Kier alpha value is -1.56. The van der Waals surface area contributed by atoms with Crippen LogP contribution in [0.5, 0.6) is 0 Å². The Morgan fingerprint density at radius 2 is 1.94 bits per heavy atom. The van der Waals surface area contributed by atoms with Gasteiger partial charge in [-0.15, -0.1) is 0 Å². The number of ether oxygens (including phenoxy) is 1. The minimum Gasteiger partial charge on any atom is -0.387 e. The van der Waals surface area contributed by atoms with Gasteiger partial charge in [0.15, 0.2) is 17.4 Å². The lowest BCUT2D eigenvalue weighted by Crippen LogP contribution is -2.44. The number of aliphatic hydroxyl groups is 2. The highest BCUT2D eigenvalue weighted by Crippen LogP contribution is 2.65. The van der Waals surface area contributed by atoms with E-state index in [1.165, 1.54) is 0 Å². The van der Waals surface area contributed by atoms with Gasteiger partial charge in [-0.1, -0.05) is 0 Å². The molecule has 1 aliphatic heterocycles. The molecule has 0 aromatic carbocycles. The van der Waals surface area contributed by atoms with E-state index in [0.29, 0.717) is 0 Å². The van der Waals surface area contributed by atoms with E-state index < -0.39 is 59.6 Å². The molecule has 1 fully saturated rings. The highest BCUT2D eigenvalue weighted by Gasteiger charge is 2.54. The van der Waals surface area contributed by atoms with E-state index in [0.717, 1.165) is 17.8 Å². The van der Waals surface area contributed by atoms with Crippen molar-refractivity contribution in [2.45, 2.75) is 31.0 Å². The smallest absolute Gasteiger partial charge is 0.387 e. The van der Waals surface area contributed by atoms with Crippen molar-refractivity contribution in [3.8, 4) is 0 Å². The molecule has 0 aliphatic carbocycles. The van der Waals surface area contributed by atoms with Crippen LogP contribution in [0, 0.1) is 0 Å². The third-order valence-corrected chi connectivity index (χ3v) is 8.22. The number of H-pyrrole nitrogens is 1. The topological polar surface area (TPSA) is 305 Å². The molecule has 0 bridgehead atoms. The fourth-order valence-corrected chi connectivity index (χ4v) is 6.14. The average Bonchev–Trinajstić information content (AvgIpc) is 3.10. The molecular weight excluding hydrogens is 517 g/mol. The zero-order valence-corrected chi connectivity index (χ0v) is 19.0. The van der Waals surface area contributed by atoms with Crippen LogP contribution >= 0.6 is 23.4 Å². The lowest BCUT2D eigenvalue weighted by atomic mass is 9.96. The number of fused-ring (bicyclic) bond motifs is 1. The molecule has 0 radical (unpaired) electrons. The van der Waals surface area contributed by atoms with Gasteiger partial charge >= 0.3 is 23.4 Å². The van der Waals surface area contributed by atoms with Gasteiger partial charge in [-0.3, -0.25) is 18.9 Å². The SMILES string of the molecule is C[C@@]1(O)[C@@H](n2cnc3c(=O)[nH]c(N)nc32)O[C@@H](COP(N)(=O)OP(=O)(O)OP(=O)(O)O)[C@@H]1O. The van der Waals surface area contributed by atoms with Gasteiger partial charge in [0, 0.05) is 0 Å². The Bertz CT molecular complexity index is 1250. The number of imidazole rings is 1. The molecule has 2 aromatic heterocycles. The van der Waals surface area contributed by atoms with E-state index in [1.807, 2.05) is 0 Å². The average molecular weight is 536 g/mol. The molecule has 10 N–H and O–H groups in total. The van der Waals surface area contributed by atoms with Gasteiger partial charge in [0.25, 0.3) is 5.56 Å². The predicted octanol–water partition coefficient (Wildman–Crippen LogP) is -1.98. The summed E-state index contributed by atoms with van der Waals surface area (Å²) >= 11 is 0. The Morgan fingerprint density at radius 3 is 2.55 bits per heavy atom. The molecule has 19 nitrogen and oxygen atoms in total. The van der Waals surface area contributed by atoms with E-state index >= 15 is 0 Å². The summed E-state index contributed by atoms with van der Waals surface area (Å²) < 4.78 is 52.9. The molecule has 3 rings (SSSR count). The molecule has 0 spiro atoms. The number of aromatic nitrogens is 4. The second kappa shape index (κ2) is 8.58. The van der Waals surface area contributed by atoms with Gasteiger partial charge in [0.2, 0.25) is 5.95 Å². The van der Waals surface area contributed by atoms with Crippen LogP contribution in [-0.4, -0.2) is 68.8 Å². The zero-order valence-electron chi connectivity index (χ0n) is 16.4. The summed E-state index contributed by atoms with van der Waals surface area (Å²) in [5, 5.41) is 21.2. The van der Waals surface area contributed by atoms with E-state index in [4.69, 9.17) is 25.8 Å². The molecule has 2 aromatic rings. The first kappa shape index (κ1) is 26.1. The van der Waals surface area contributed by atoms with Gasteiger partial charge in [-0.2, -0.15) is 13.6 Å². The lowest BCUT2D eigenvalue weighted by Gasteiger charge is -2.27. The maximum atomic E-state index is 12.1. The third kappa shape index (κ3) is 5.75. The fourth-order valence-electron chi connectivity index (χ4n) is 2.99. The number of hydrogen-bond acceptors (Lipinski definition) is 13. The molecule has 0 amide bonds. The third-order valence-electron chi connectivity index (χ3n) is 4.30. The summed E-state index contributed by atoms with van der Waals surface area (Å²) in [6.07, 6.45) is -3.57. The lowest BCUT2D eigenvalue weighted by molar-refractivity contribution is -0.0948. The number of aromatic amines is 1. The Labute approximate surface area is 182 Å². The van der Waals surface area contributed by atoms with E-state index in [-0.39, 0.29) is 17.1 Å². The van der Waals surface area contributed by atoms with Gasteiger partial charge in [-0.25, -0.2) is 24.2 Å². The van der Waals surface area contributed by atoms with Crippen LogP contribution in [0.2, 0.25) is 0 Å². The summed E-state index contributed by atoms with van der Waals surface area (Å²) in [6.45, 7) is 0.249. The zero-order chi connectivity index (χ0) is 25.0. The monoisotopic (exact) mass is 536 g/mol. The number of rotatable bonds is 8. The normalized spacial score (nSPS) is 29.7. The molecule has 0 saturated carbocycles. The van der Waals surface area contributed by atoms with E-state index in [2.05, 4.69) is 28.1 Å². The maximum Gasteiger partial charge on any atom is 0.489 e. The minimum absolute atomic E-state index is 0.0982. The molecule has 1 saturated heterocycles. The first-order valence-electron chi connectivity index (χ1n) is 8.54. The highest BCUT2D eigenvalue weighted by molar-refractivity contribution is 7.67. The van der Waals surface area contributed by atoms with Crippen LogP contribution in [0.15, 0.2) is 11.1 Å². The van der Waals surface area contributed by atoms with Crippen molar-refractivity contribution in [3.63, 3.8) is 0 Å². The van der Waals surface area contributed by atoms with Crippen molar-refractivity contribution in [2.24, 2.45) is 5.50 Å².